The summed E-state index contributed by atoms with van der Waals surface area (Å²) in [5.74, 6) is 1.10. The van der Waals surface area contributed by atoms with E-state index in [1.54, 1.807) is 22.0 Å². The lowest BCUT2D eigenvalue weighted by molar-refractivity contribution is 0.0544. The van der Waals surface area contributed by atoms with Crippen LogP contribution in [0.2, 0.25) is 0 Å². The zero-order valence-electron chi connectivity index (χ0n) is 8.42. The summed E-state index contributed by atoms with van der Waals surface area (Å²) < 4.78 is 4.72. The fourth-order valence-corrected chi connectivity index (χ4v) is 2.68. The number of nitrogens with zero attached hydrogens (tertiary/aromatic N) is 2. The molecule has 0 atom stereocenters. The Bertz CT molecular complexity index is 374. The molecule has 2 rings (SSSR count). The summed E-state index contributed by atoms with van der Waals surface area (Å²) in [7, 11) is 0. The molecule has 7 heteroatoms. The normalized spacial score (nSPS) is 15.9. The van der Waals surface area contributed by atoms with E-state index in [2.05, 4.69) is 4.98 Å². The summed E-state index contributed by atoms with van der Waals surface area (Å²) in [5.41, 5.74) is 1.71. The molecule has 86 valence electrons. The maximum absolute atomic E-state index is 11.6. The Labute approximate surface area is 101 Å². The van der Waals surface area contributed by atoms with Crippen molar-refractivity contribution in [1.82, 2.24) is 9.88 Å². The maximum Gasteiger partial charge on any atom is 0.417 e. The molecule has 0 saturated carbocycles. The van der Waals surface area contributed by atoms with Gasteiger partial charge < -0.3 is 9.64 Å². The van der Waals surface area contributed by atoms with Gasteiger partial charge in [-0.2, -0.15) is 11.8 Å². The Balaban J connectivity index is 1.89. The third kappa shape index (κ3) is 2.73. The quantitative estimate of drug-likeness (QED) is 0.564. The third-order valence-corrected chi connectivity index (χ3v) is 3.62. The highest BCUT2D eigenvalue weighted by molar-refractivity contribution is 7.99. The largest absolute Gasteiger partial charge is 0.417 e. The van der Waals surface area contributed by atoms with Gasteiger partial charge in [-0.3, -0.25) is 0 Å². The van der Waals surface area contributed by atoms with Crippen LogP contribution in [0.25, 0.3) is 0 Å². The molecule has 1 aliphatic heterocycles. The molecule has 1 amide bonds. The van der Waals surface area contributed by atoms with Gasteiger partial charge >= 0.3 is 12.1 Å². The summed E-state index contributed by atoms with van der Waals surface area (Å²) in [4.78, 5) is 28.3. The van der Waals surface area contributed by atoms with Gasteiger partial charge in [0.25, 0.3) is 0 Å². The number of thiazole rings is 1. The number of ether oxygens (including phenoxy) is 1. The molecule has 5 nitrogen and oxygen atoms in total. The lowest BCUT2D eigenvalue weighted by atomic mass is 10.5. The van der Waals surface area contributed by atoms with Crippen molar-refractivity contribution >= 4 is 35.2 Å². The van der Waals surface area contributed by atoms with Crippen LogP contribution in [0.5, 0.6) is 0 Å². The summed E-state index contributed by atoms with van der Waals surface area (Å²) in [5, 5.41) is 1.56. The number of hydrogen-bond acceptors (Lipinski definition) is 6. The summed E-state index contributed by atoms with van der Waals surface area (Å²) in [6.07, 6.45) is -0.571. The van der Waals surface area contributed by atoms with Crippen molar-refractivity contribution in [3.63, 3.8) is 0 Å². The van der Waals surface area contributed by atoms with Crippen LogP contribution in [0.15, 0.2) is 10.9 Å². The molecule has 0 spiro atoms. The molecule has 0 bridgehead atoms. The Morgan fingerprint density at radius 1 is 1.38 bits per heavy atom. The van der Waals surface area contributed by atoms with E-state index in [9.17, 15) is 9.59 Å². The SMILES string of the molecule is O=C(OC(=O)N1CCSCC1)c1cscn1. The first-order valence-electron chi connectivity index (χ1n) is 4.74. The van der Waals surface area contributed by atoms with E-state index in [1.807, 2.05) is 0 Å². The number of thioether (sulfide) groups is 1. The molecule has 0 radical (unpaired) electrons. The first kappa shape index (κ1) is 11.4. The van der Waals surface area contributed by atoms with Crippen LogP contribution in [0.4, 0.5) is 4.79 Å². The smallest absolute Gasteiger partial charge is 0.371 e. The molecule has 1 aromatic rings. The van der Waals surface area contributed by atoms with Crippen LogP contribution in [0.3, 0.4) is 0 Å². The number of rotatable bonds is 1. The predicted octanol–water partition coefficient (Wildman–Crippen LogP) is 1.47. The second kappa shape index (κ2) is 5.31. The van der Waals surface area contributed by atoms with Crippen LogP contribution in [-0.2, 0) is 4.74 Å². The van der Waals surface area contributed by atoms with Gasteiger partial charge in [-0.15, -0.1) is 11.3 Å². The fraction of sp³-hybridized carbons (Fsp3) is 0.444. The van der Waals surface area contributed by atoms with Gasteiger partial charge in [0.05, 0.1) is 5.51 Å². The molecule has 1 aromatic heterocycles. The van der Waals surface area contributed by atoms with Crippen molar-refractivity contribution in [2.24, 2.45) is 0 Å². The zero-order chi connectivity index (χ0) is 11.4. The average molecular weight is 258 g/mol. The molecular weight excluding hydrogens is 248 g/mol. The van der Waals surface area contributed by atoms with E-state index in [-0.39, 0.29) is 5.69 Å². The van der Waals surface area contributed by atoms with Crippen molar-refractivity contribution in [2.45, 2.75) is 0 Å². The summed E-state index contributed by atoms with van der Waals surface area (Å²) in [6, 6.07) is 0. The maximum atomic E-state index is 11.6. The van der Waals surface area contributed by atoms with Crippen LogP contribution >= 0.6 is 23.1 Å². The first-order chi connectivity index (χ1) is 7.77. The number of aromatic nitrogens is 1. The molecule has 2 heterocycles. The number of esters is 1. The molecule has 1 fully saturated rings. The highest BCUT2D eigenvalue weighted by atomic mass is 32.2. The molecule has 0 unspecified atom stereocenters. The van der Waals surface area contributed by atoms with E-state index in [0.717, 1.165) is 11.5 Å². The highest BCUT2D eigenvalue weighted by Crippen LogP contribution is 2.11. The number of carbonyl (C=O) groups is 2. The third-order valence-electron chi connectivity index (χ3n) is 2.09. The number of hydrogen-bond donors (Lipinski definition) is 0. The molecule has 0 N–H and O–H groups in total. The van der Waals surface area contributed by atoms with Crippen LogP contribution in [0, 0.1) is 0 Å². The number of carbonyl (C=O) groups excluding carboxylic acids is 2. The average Bonchev–Trinajstić information content (AvgIpc) is 2.83. The van der Waals surface area contributed by atoms with Crippen molar-refractivity contribution < 1.29 is 14.3 Å². The topological polar surface area (TPSA) is 59.5 Å². The minimum absolute atomic E-state index is 0.185. The van der Waals surface area contributed by atoms with E-state index < -0.39 is 12.1 Å². The lowest BCUT2D eigenvalue weighted by Crippen LogP contribution is -2.39. The fourth-order valence-electron chi connectivity index (χ4n) is 1.26. The van der Waals surface area contributed by atoms with Gasteiger partial charge in [-0.05, 0) is 0 Å². The van der Waals surface area contributed by atoms with E-state index >= 15 is 0 Å². The number of amides is 1. The molecular formula is C9H10N2O3S2. The van der Waals surface area contributed by atoms with Gasteiger partial charge in [0.1, 0.15) is 0 Å². The van der Waals surface area contributed by atoms with Crippen LogP contribution in [0.1, 0.15) is 10.5 Å². The predicted molar refractivity (Wildman–Crippen MR) is 61.8 cm³/mol. The summed E-state index contributed by atoms with van der Waals surface area (Å²) in [6.45, 7) is 1.27. The summed E-state index contributed by atoms with van der Waals surface area (Å²) >= 11 is 3.08. The second-order valence-electron chi connectivity index (χ2n) is 3.13. The van der Waals surface area contributed by atoms with Gasteiger partial charge in [-0.25, -0.2) is 14.6 Å². The Hall–Kier alpha value is -1.08. The van der Waals surface area contributed by atoms with Gasteiger partial charge in [-0.1, -0.05) is 0 Å². The van der Waals surface area contributed by atoms with Crippen LogP contribution in [-0.4, -0.2) is 46.5 Å². The minimum Gasteiger partial charge on any atom is -0.371 e. The molecule has 0 aliphatic carbocycles. The van der Waals surface area contributed by atoms with E-state index in [0.29, 0.717) is 13.1 Å². The minimum atomic E-state index is -0.676. The van der Waals surface area contributed by atoms with Gasteiger partial charge in [0.15, 0.2) is 5.69 Å². The Morgan fingerprint density at radius 3 is 2.75 bits per heavy atom. The second-order valence-corrected chi connectivity index (χ2v) is 5.07. The Kier molecular flexibility index (Phi) is 3.79. The molecule has 1 saturated heterocycles. The van der Waals surface area contributed by atoms with Gasteiger partial charge in [0.2, 0.25) is 0 Å². The standard InChI is InChI=1S/C9H10N2O3S2/c12-8(7-5-16-6-10-7)14-9(13)11-1-3-15-4-2-11/h5-6H,1-4H2. The molecule has 0 aromatic carbocycles. The highest BCUT2D eigenvalue weighted by Gasteiger charge is 2.22. The Morgan fingerprint density at radius 2 is 2.12 bits per heavy atom. The van der Waals surface area contributed by atoms with Crippen molar-refractivity contribution in [1.29, 1.82) is 0 Å². The van der Waals surface area contributed by atoms with Crippen molar-refractivity contribution in [2.75, 3.05) is 24.6 Å². The zero-order valence-corrected chi connectivity index (χ0v) is 10.1. The first-order valence-corrected chi connectivity index (χ1v) is 6.84. The van der Waals surface area contributed by atoms with Crippen molar-refractivity contribution in [3.05, 3.63) is 16.6 Å². The monoisotopic (exact) mass is 258 g/mol. The lowest BCUT2D eigenvalue weighted by Gasteiger charge is -2.24. The van der Waals surface area contributed by atoms with E-state index in [4.69, 9.17) is 4.74 Å². The molecule has 1 aliphatic rings. The van der Waals surface area contributed by atoms with Crippen molar-refractivity contribution in [3.8, 4) is 0 Å². The van der Waals surface area contributed by atoms with Gasteiger partial charge in [0, 0.05) is 30.0 Å². The van der Waals surface area contributed by atoms with E-state index in [1.165, 1.54) is 16.8 Å². The van der Waals surface area contributed by atoms with Crippen LogP contribution < -0.4 is 0 Å². The molecule has 16 heavy (non-hydrogen) atoms.